The zero-order valence-electron chi connectivity index (χ0n) is 23.6. The van der Waals surface area contributed by atoms with Crippen molar-refractivity contribution in [2.75, 3.05) is 13.1 Å². The summed E-state index contributed by atoms with van der Waals surface area (Å²) in [5.41, 5.74) is 9.88. The summed E-state index contributed by atoms with van der Waals surface area (Å²) in [6.45, 7) is 14.5. The van der Waals surface area contributed by atoms with E-state index in [9.17, 15) is 15.0 Å². The second-order valence-corrected chi connectivity index (χ2v) is 13.5. The van der Waals surface area contributed by atoms with Gasteiger partial charge in [-0.3, -0.25) is 9.69 Å². The van der Waals surface area contributed by atoms with Gasteiger partial charge in [-0.15, -0.1) is 0 Å². The Morgan fingerprint density at radius 3 is 2.32 bits per heavy atom. The minimum Gasteiger partial charge on any atom is -0.508 e. The molecule has 2 heterocycles. The lowest BCUT2D eigenvalue weighted by molar-refractivity contribution is -0.150. The first kappa shape index (κ1) is 30.1. The van der Waals surface area contributed by atoms with Crippen LogP contribution in [-0.4, -0.2) is 45.2 Å². The number of piperidine rings is 1. The normalized spacial score (nSPS) is 20.0. The van der Waals surface area contributed by atoms with Crippen LogP contribution in [0.25, 0.3) is 0 Å². The Morgan fingerprint density at radius 1 is 1.18 bits per heavy atom. The molecular weight excluding hydrogens is 497 g/mol. The van der Waals surface area contributed by atoms with E-state index in [0.29, 0.717) is 33.1 Å². The summed E-state index contributed by atoms with van der Waals surface area (Å²) < 4.78 is 0. The van der Waals surface area contributed by atoms with E-state index in [-0.39, 0.29) is 11.4 Å². The van der Waals surface area contributed by atoms with E-state index in [1.165, 1.54) is 5.56 Å². The van der Waals surface area contributed by atoms with Crippen LogP contribution in [0.5, 0.6) is 5.75 Å². The first-order valence-electron chi connectivity index (χ1n) is 13.4. The molecule has 4 rings (SSSR count). The van der Waals surface area contributed by atoms with E-state index >= 15 is 0 Å². The van der Waals surface area contributed by atoms with Crippen molar-refractivity contribution in [1.29, 1.82) is 0 Å². The molecule has 2 aromatic rings. The molecule has 2 unspecified atom stereocenters. The van der Waals surface area contributed by atoms with Gasteiger partial charge in [0.2, 0.25) is 0 Å². The number of nitrogens with zero attached hydrogens (tertiary/aromatic N) is 2. The molecular formula is C30H44N3O4P. The molecule has 0 aliphatic carbocycles. The number of hydrogen-bond donors (Lipinski definition) is 3. The lowest BCUT2D eigenvalue weighted by atomic mass is 9.80. The Kier molecular flexibility index (Phi) is 9.96. The van der Waals surface area contributed by atoms with Gasteiger partial charge < -0.3 is 20.8 Å². The van der Waals surface area contributed by atoms with Gasteiger partial charge in [-0.05, 0) is 91.7 Å². The summed E-state index contributed by atoms with van der Waals surface area (Å²) >= 11 is 0. The fourth-order valence-corrected chi connectivity index (χ4v) is 5.50. The van der Waals surface area contributed by atoms with Crippen molar-refractivity contribution in [2.45, 2.75) is 78.7 Å². The van der Waals surface area contributed by atoms with Crippen LogP contribution in [-0.2, 0) is 22.6 Å². The highest BCUT2D eigenvalue weighted by atomic mass is 31.1. The van der Waals surface area contributed by atoms with Crippen LogP contribution >= 0.6 is 8.58 Å². The average Bonchev–Trinajstić information content (AvgIpc) is 3.31. The largest absolute Gasteiger partial charge is 0.508 e. The van der Waals surface area contributed by atoms with E-state index < -0.39 is 11.4 Å². The molecule has 208 valence electrons. The number of likely N-dealkylation sites (tertiary alicyclic amines) is 1. The molecule has 0 spiro atoms. The molecule has 0 saturated carbocycles. The highest BCUT2D eigenvalue weighted by molar-refractivity contribution is 7.59. The molecule has 2 atom stereocenters. The quantitative estimate of drug-likeness (QED) is 0.366. The van der Waals surface area contributed by atoms with Crippen molar-refractivity contribution in [1.82, 2.24) is 4.90 Å². The molecule has 0 amide bonds. The number of aromatic hydroxyl groups is 1. The highest BCUT2D eigenvalue weighted by Crippen LogP contribution is 2.45. The van der Waals surface area contributed by atoms with Gasteiger partial charge in [0, 0.05) is 23.2 Å². The minimum absolute atomic E-state index is 0. The molecule has 0 bridgehead atoms. The van der Waals surface area contributed by atoms with Gasteiger partial charge in [0.1, 0.15) is 11.2 Å². The SMILES string of the molecule is CC(C)(C)N.CC(C)Cc1ccc(C2ON=C(c3ccc(CN4CCC(C)(C(=O)O)CC4)cc3)P2)cc1O. The summed E-state index contributed by atoms with van der Waals surface area (Å²) in [7, 11) is 0.379. The van der Waals surface area contributed by atoms with Gasteiger partial charge in [-0.1, -0.05) is 55.4 Å². The van der Waals surface area contributed by atoms with E-state index in [2.05, 4.69) is 48.2 Å². The van der Waals surface area contributed by atoms with Crippen LogP contribution in [0.4, 0.5) is 0 Å². The Labute approximate surface area is 229 Å². The summed E-state index contributed by atoms with van der Waals surface area (Å²) in [5, 5.41) is 24.1. The molecule has 4 N–H and O–H groups in total. The van der Waals surface area contributed by atoms with E-state index in [1.807, 2.05) is 45.9 Å². The van der Waals surface area contributed by atoms with Gasteiger partial charge in [-0.2, -0.15) is 0 Å². The van der Waals surface area contributed by atoms with E-state index in [0.717, 1.165) is 48.2 Å². The Balaban J connectivity index is 0.000000732. The Morgan fingerprint density at radius 2 is 1.79 bits per heavy atom. The number of aliphatic carboxylic acids is 1. The number of phenols is 1. The summed E-state index contributed by atoms with van der Waals surface area (Å²) in [4.78, 5) is 19.5. The van der Waals surface area contributed by atoms with Crippen molar-refractivity contribution in [2.24, 2.45) is 22.2 Å². The van der Waals surface area contributed by atoms with E-state index in [1.54, 1.807) is 0 Å². The van der Waals surface area contributed by atoms with Crippen LogP contribution < -0.4 is 5.73 Å². The predicted molar refractivity (Wildman–Crippen MR) is 156 cm³/mol. The Bertz CT molecular complexity index is 1110. The van der Waals surface area contributed by atoms with Gasteiger partial charge in [0.05, 0.1) is 5.41 Å². The Hall–Kier alpha value is -2.47. The number of carboxylic acids is 1. The third-order valence-corrected chi connectivity index (χ3v) is 8.02. The second kappa shape index (κ2) is 12.6. The number of hydrogen-bond acceptors (Lipinski definition) is 6. The van der Waals surface area contributed by atoms with E-state index in [4.69, 9.17) is 10.6 Å². The zero-order chi connectivity index (χ0) is 28.1. The number of oxime groups is 1. The van der Waals surface area contributed by atoms with Crippen molar-refractivity contribution in [3.8, 4) is 5.75 Å². The van der Waals surface area contributed by atoms with Crippen molar-refractivity contribution in [3.63, 3.8) is 0 Å². The van der Waals surface area contributed by atoms with Crippen LogP contribution in [0.15, 0.2) is 47.6 Å². The molecule has 2 aromatic carbocycles. The molecule has 7 nitrogen and oxygen atoms in total. The topological polar surface area (TPSA) is 108 Å². The fourth-order valence-electron chi connectivity index (χ4n) is 4.36. The number of phenolic OH excluding ortho intramolecular Hbond substituents is 1. The summed E-state index contributed by atoms with van der Waals surface area (Å²) in [5.74, 6) is -0.0274. The van der Waals surface area contributed by atoms with Crippen molar-refractivity contribution in [3.05, 3.63) is 64.7 Å². The summed E-state index contributed by atoms with van der Waals surface area (Å²) in [6.07, 6.45) is 2.22. The number of benzene rings is 2. The van der Waals surface area contributed by atoms with Gasteiger partial charge in [0.25, 0.3) is 0 Å². The summed E-state index contributed by atoms with van der Waals surface area (Å²) in [6, 6.07) is 14.2. The molecule has 1 fully saturated rings. The molecule has 1 saturated heterocycles. The lowest BCUT2D eigenvalue weighted by Gasteiger charge is -2.36. The zero-order valence-corrected chi connectivity index (χ0v) is 24.6. The minimum atomic E-state index is -0.688. The maximum atomic E-state index is 11.4. The number of rotatable bonds is 7. The van der Waals surface area contributed by atoms with Gasteiger partial charge in [-0.25, -0.2) is 0 Å². The molecule has 8 heteroatoms. The third kappa shape index (κ3) is 8.79. The molecule has 2 aliphatic heterocycles. The lowest BCUT2D eigenvalue weighted by Crippen LogP contribution is -2.42. The number of nitrogens with two attached hydrogens (primary N) is 1. The van der Waals surface area contributed by atoms with Crippen molar-refractivity contribution < 1.29 is 19.8 Å². The van der Waals surface area contributed by atoms with Crippen LogP contribution in [0.3, 0.4) is 0 Å². The van der Waals surface area contributed by atoms with Gasteiger partial charge in [0.15, 0.2) is 5.85 Å². The third-order valence-electron chi connectivity index (χ3n) is 6.67. The fraction of sp³-hybridized carbons (Fsp3) is 0.533. The number of carboxylic acid groups (broad SMARTS) is 1. The molecule has 38 heavy (non-hydrogen) atoms. The standard InChI is InChI=1S/C26H33N2O4P.C4H11N/c1-17(2)14-20-8-9-21(15-22(20)29)24-32-27-23(33-24)19-6-4-18(5-7-19)16-28-12-10-26(3,11-13-28)25(30)31;1-4(2,3)5/h4-9,15,17,24,29,33H,10-14,16H2,1-3H3,(H,30,31);5H2,1-3H3. The maximum absolute atomic E-state index is 11.4. The van der Waals surface area contributed by atoms with Crippen LogP contribution in [0.1, 0.15) is 82.5 Å². The predicted octanol–water partition coefficient (Wildman–Crippen LogP) is 6.09. The smallest absolute Gasteiger partial charge is 0.309 e. The first-order valence-corrected chi connectivity index (χ1v) is 14.5. The van der Waals surface area contributed by atoms with Gasteiger partial charge >= 0.3 is 5.97 Å². The van der Waals surface area contributed by atoms with Crippen LogP contribution in [0.2, 0.25) is 0 Å². The monoisotopic (exact) mass is 541 g/mol. The van der Waals surface area contributed by atoms with Crippen molar-refractivity contribution >= 4 is 20.0 Å². The molecule has 0 aromatic heterocycles. The van der Waals surface area contributed by atoms with Crippen LogP contribution in [0, 0.1) is 11.3 Å². The first-order chi connectivity index (χ1) is 17.7. The maximum Gasteiger partial charge on any atom is 0.309 e. The molecule has 2 aliphatic rings. The highest BCUT2D eigenvalue weighted by Gasteiger charge is 2.36. The molecule has 0 radical (unpaired) electrons. The average molecular weight is 542 g/mol. The second-order valence-electron chi connectivity index (χ2n) is 12.3. The number of carbonyl (C=O) groups is 1.